The van der Waals surface area contributed by atoms with E-state index >= 15 is 0 Å². The second kappa shape index (κ2) is 8.48. The van der Waals surface area contributed by atoms with Gasteiger partial charge in [0.1, 0.15) is 0 Å². The number of amides is 1. The molecule has 1 N–H and O–H groups in total. The van der Waals surface area contributed by atoms with Crippen molar-refractivity contribution in [3.8, 4) is 0 Å². The van der Waals surface area contributed by atoms with Crippen molar-refractivity contribution in [3.63, 3.8) is 0 Å². The average molecular weight is 343 g/mol. The summed E-state index contributed by atoms with van der Waals surface area (Å²) in [5.41, 5.74) is 5.73. The SMILES string of the molecule is CCc1ccc(CC(=O)N[C@@H](c2ccccc2)c2ccccc2C)cc1. The number of hydrogen-bond donors (Lipinski definition) is 1. The summed E-state index contributed by atoms with van der Waals surface area (Å²) in [7, 11) is 0. The second-order valence-electron chi connectivity index (χ2n) is 6.61. The summed E-state index contributed by atoms with van der Waals surface area (Å²) < 4.78 is 0. The molecule has 0 fully saturated rings. The van der Waals surface area contributed by atoms with Crippen LogP contribution in [0.3, 0.4) is 0 Å². The first-order valence-electron chi connectivity index (χ1n) is 9.15. The van der Waals surface area contributed by atoms with Crippen LogP contribution in [0.1, 0.15) is 40.8 Å². The number of rotatable bonds is 6. The van der Waals surface area contributed by atoms with E-state index in [-0.39, 0.29) is 11.9 Å². The third kappa shape index (κ3) is 4.40. The van der Waals surface area contributed by atoms with Crippen LogP contribution in [0.2, 0.25) is 0 Å². The quantitative estimate of drug-likeness (QED) is 0.670. The van der Waals surface area contributed by atoms with Crippen molar-refractivity contribution in [2.45, 2.75) is 32.7 Å². The van der Waals surface area contributed by atoms with Gasteiger partial charge in [0.05, 0.1) is 12.5 Å². The average Bonchev–Trinajstić information content (AvgIpc) is 2.68. The van der Waals surface area contributed by atoms with Gasteiger partial charge in [-0.25, -0.2) is 0 Å². The van der Waals surface area contributed by atoms with Crippen LogP contribution in [-0.4, -0.2) is 5.91 Å². The van der Waals surface area contributed by atoms with Gasteiger partial charge in [-0.05, 0) is 41.2 Å². The zero-order chi connectivity index (χ0) is 18.4. The molecule has 0 aliphatic rings. The lowest BCUT2D eigenvalue weighted by atomic mass is 9.94. The molecule has 1 amide bonds. The molecular weight excluding hydrogens is 318 g/mol. The fourth-order valence-electron chi connectivity index (χ4n) is 3.19. The largest absolute Gasteiger partial charge is 0.345 e. The Bertz CT molecular complexity index is 853. The van der Waals surface area contributed by atoms with E-state index in [4.69, 9.17) is 0 Å². The van der Waals surface area contributed by atoms with Crippen molar-refractivity contribution in [1.82, 2.24) is 5.32 Å². The van der Waals surface area contributed by atoms with Gasteiger partial charge < -0.3 is 5.32 Å². The number of aryl methyl sites for hydroxylation is 2. The van der Waals surface area contributed by atoms with Gasteiger partial charge in [0.15, 0.2) is 0 Å². The van der Waals surface area contributed by atoms with Gasteiger partial charge in [0.2, 0.25) is 5.91 Å². The lowest BCUT2D eigenvalue weighted by molar-refractivity contribution is -0.120. The first kappa shape index (κ1) is 17.9. The maximum Gasteiger partial charge on any atom is 0.225 e. The minimum absolute atomic E-state index is 0.0337. The van der Waals surface area contributed by atoms with Crippen LogP contribution >= 0.6 is 0 Å². The summed E-state index contributed by atoms with van der Waals surface area (Å²) in [5, 5.41) is 3.23. The predicted molar refractivity (Wildman–Crippen MR) is 107 cm³/mol. The van der Waals surface area contributed by atoms with E-state index in [1.165, 1.54) is 11.1 Å². The smallest absolute Gasteiger partial charge is 0.225 e. The van der Waals surface area contributed by atoms with Crippen molar-refractivity contribution in [3.05, 3.63) is 107 Å². The van der Waals surface area contributed by atoms with Gasteiger partial charge in [-0.2, -0.15) is 0 Å². The summed E-state index contributed by atoms with van der Waals surface area (Å²) in [5.74, 6) is 0.0337. The number of nitrogens with one attached hydrogen (secondary N) is 1. The molecule has 0 radical (unpaired) electrons. The Morgan fingerprint density at radius 3 is 2.12 bits per heavy atom. The van der Waals surface area contributed by atoms with Crippen molar-refractivity contribution < 1.29 is 4.79 Å². The molecule has 3 aromatic rings. The van der Waals surface area contributed by atoms with E-state index < -0.39 is 0 Å². The lowest BCUT2D eigenvalue weighted by Crippen LogP contribution is -2.31. The normalized spacial score (nSPS) is 11.8. The molecule has 0 aliphatic carbocycles. The summed E-state index contributed by atoms with van der Waals surface area (Å²) in [4.78, 5) is 12.7. The zero-order valence-corrected chi connectivity index (χ0v) is 15.4. The first-order valence-corrected chi connectivity index (χ1v) is 9.15. The van der Waals surface area contributed by atoms with Crippen molar-refractivity contribution in [2.24, 2.45) is 0 Å². The molecule has 1 atom stereocenters. The van der Waals surface area contributed by atoms with Crippen LogP contribution in [0.4, 0.5) is 0 Å². The van der Waals surface area contributed by atoms with Crippen LogP contribution < -0.4 is 5.32 Å². The molecule has 0 aromatic heterocycles. The molecule has 3 aromatic carbocycles. The van der Waals surface area contributed by atoms with Crippen LogP contribution in [0.15, 0.2) is 78.9 Å². The topological polar surface area (TPSA) is 29.1 Å². The Morgan fingerprint density at radius 1 is 0.846 bits per heavy atom. The maximum absolute atomic E-state index is 12.7. The number of hydrogen-bond acceptors (Lipinski definition) is 1. The Morgan fingerprint density at radius 2 is 1.46 bits per heavy atom. The molecule has 26 heavy (non-hydrogen) atoms. The molecule has 0 saturated carbocycles. The van der Waals surface area contributed by atoms with Crippen LogP contribution in [0.5, 0.6) is 0 Å². The summed E-state index contributed by atoms with van der Waals surface area (Å²) in [6, 6.07) is 26.5. The monoisotopic (exact) mass is 343 g/mol. The summed E-state index contributed by atoms with van der Waals surface area (Å²) in [6.45, 7) is 4.22. The highest BCUT2D eigenvalue weighted by Gasteiger charge is 2.18. The van der Waals surface area contributed by atoms with Gasteiger partial charge in [0.25, 0.3) is 0 Å². The summed E-state index contributed by atoms with van der Waals surface area (Å²) in [6.07, 6.45) is 1.40. The summed E-state index contributed by atoms with van der Waals surface area (Å²) >= 11 is 0. The number of carbonyl (C=O) groups excluding carboxylic acids is 1. The molecule has 3 rings (SSSR count). The fourth-order valence-corrected chi connectivity index (χ4v) is 3.19. The molecular formula is C24H25NO. The Labute approximate surface area is 155 Å². The first-order chi connectivity index (χ1) is 12.7. The zero-order valence-electron chi connectivity index (χ0n) is 15.4. The van der Waals surface area contributed by atoms with E-state index in [9.17, 15) is 4.79 Å². The van der Waals surface area contributed by atoms with Gasteiger partial charge in [-0.3, -0.25) is 4.79 Å². The molecule has 0 saturated heterocycles. The molecule has 0 heterocycles. The molecule has 0 aliphatic heterocycles. The fraction of sp³-hybridized carbons (Fsp3) is 0.208. The maximum atomic E-state index is 12.7. The minimum Gasteiger partial charge on any atom is -0.345 e. The van der Waals surface area contributed by atoms with Gasteiger partial charge in [-0.15, -0.1) is 0 Å². The van der Waals surface area contributed by atoms with Crippen molar-refractivity contribution in [2.75, 3.05) is 0 Å². The highest BCUT2D eigenvalue weighted by Crippen LogP contribution is 2.25. The second-order valence-corrected chi connectivity index (χ2v) is 6.61. The minimum atomic E-state index is -0.139. The van der Waals surface area contributed by atoms with E-state index in [1.54, 1.807) is 0 Å². The van der Waals surface area contributed by atoms with E-state index in [1.807, 2.05) is 42.5 Å². The third-order valence-electron chi connectivity index (χ3n) is 4.73. The molecule has 2 nitrogen and oxygen atoms in total. The molecule has 0 spiro atoms. The van der Waals surface area contributed by atoms with E-state index in [0.29, 0.717) is 6.42 Å². The van der Waals surface area contributed by atoms with Gasteiger partial charge >= 0.3 is 0 Å². The standard InChI is InChI=1S/C24H25NO/c1-3-19-13-15-20(16-14-19)17-23(26)25-24(21-10-5-4-6-11-21)22-12-8-7-9-18(22)2/h4-16,24H,3,17H2,1-2H3,(H,25,26)/t24-/m0/s1. The molecule has 2 heteroatoms. The molecule has 0 bridgehead atoms. The Balaban J connectivity index is 1.81. The highest BCUT2D eigenvalue weighted by atomic mass is 16.1. The van der Waals surface area contributed by atoms with Gasteiger partial charge in [-0.1, -0.05) is 85.8 Å². The van der Waals surface area contributed by atoms with E-state index in [0.717, 1.165) is 23.1 Å². The molecule has 0 unspecified atom stereocenters. The Kier molecular flexibility index (Phi) is 5.85. The van der Waals surface area contributed by atoms with Crippen LogP contribution in [-0.2, 0) is 17.6 Å². The van der Waals surface area contributed by atoms with Crippen LogP contribution in [0.25, 0.3) is 0 Å². The van der Waals surface area contributed by atoms with Gasteiger partial charge in [0, 0.05) is 0 Å². The van der Waals surface area contributed by atoms with Crippen molar-refractivity contribution >= 4 is 5.91 Å². The van der Waals surface area contributed by atoms with Crippen LogP contribution in [0, 0.1) is 6.92 Å². The predicted octanol–water partition coefficient (Wildman–Crippen LogP) is 5.01. The lowest BCUT2D eigenvalue weighted by Gasteiger charge is -2.22. The number of carbonyl (C=O) groups is 1. The molecule has 132 valence electrons. The van der Waals surface area contributed by atoms with Crippen molar-refractivity contribution in [1.29, 1.82) is 0 Å². The third-order valence-corrected chi connectivity index (χ3v) is 4.73. The van der Waals surface area contributed by atoms with E-state index in [2.05, 4.69) is 55.6 Å². The number of benzene rings is 3. The Hall–Kier alpha value is -2.87. The highest BCUT2D eigenvalue weighted by molar-refractivity contribution is 5.79.